The molecule has 1 amide bonds. The topological polar surface area (TPSA) is 103 Å². The number of rotatable bonds is 4. The van der Waals surface area contributed by atoms with Crippen molar-refractivity contribution < 1.29 is 9.53 Å². The second kappa shape index (κ2) is 10.1. The van der Waals surface area contributed by atoms with Crippen molar-refractivity contribution >= 4 is 45.1 Å². The molecule has 0 bridgehead atoms. The van der Waals surface area contributed by atoms with Crippen molar-refractivity contribution in [3.63, 3.8) is 0 Å². The van der Waals surface area contributed by atoms with Crippen LogP contribution in [0.2, 0.25) is 0 Å². The predicted molar refractivity (Wildman–Crippen MR) is 147 cm³/mol. The van der Waals surface area contributed by atoms with Crippen LogP contribution < -0.4 is 15.5 Å². The summed E-state index contributed by atoms with van der Waals surface area (Å²) in [7, 11) is 2.09. The first kappa shape index (κ1) is 23.8. The minimum atomic E-state index is 0.0963. The summed E-state index contributed by atoms with van der Waals surface area (Å²) >= 11 is 1.68. The zero-order chi connectivity index (χ0) is 25.4. The summed E-state index contributed by atoms with van der Waals surface area (Å²) < 4.78 is 6.62. The number of hydrogen-bond acceptors (Lipinski definition) is 10. The summed E-state index contributed by atoms with van der Waals surface area (Å²) in [5, 5.41) is 0. The predicted octanol–water partition coefficient (Wildman–Crippen LogP) is 2.23. The van der Waals surface area contributed by atoms with Crippen LogP contribution in [0.1, 0.15) is 10.4 Å². The Kier molecular flexibility index (Phi) is 6.49. The fourth-order valence-electron chi connectivity index (χ4n) is 4.69. The number of anilines is 2. The number of nitrogens with zero attached hydrogens (tertiary/aromatic N) is 7. The molecule has 3 aromatic rings. The normalized spacial score (nSPS) is 18.9. The average molecular weight is 519 g/mol. The second-order valence-electron chi connectivity index (χ2n) is 9.45. The number of piperazine rings is 1. The van der Waals surface area contributed by atoms with E-state index in [0.717, 1.165) is 71.3 Å². The van der Waals surface area contributed by atoms with Crippen LogP contribution >= 0.6 is 11.3 Å². The average Bonchev–Trinajstić information content (AvgIpc) is 3.38. The Balaban J connectivity index is 1.31. The number of fused-ring (bicyclic) bond motifs is 1. The minimum Gasteiger partial charge on any atom is -0.384 e. The van der Waals surface area contributed by atoms with Crippen LogP contribution in [0.4, 0.5) is 11.8 Å². The number of likely N-dealkylation sites (N-methyl/N-ethyl adjacent to an activating group) is 1. The van der Waals surface area contributed by atoms with Gasteiger partial charge in [0.2, 0.25) is 5.95 Å². The van der Waals surface area contributed by atoms with Gasteiger partial charge in [-0.2, -0.15) is 4.98 Å². The van der Waals surface area contributed by atoms with Crippen LogP contribution in [0.25, 0.3) is 20.7 Å². The zero-order valence-electron chi connectivity index (χ0n) is 20.8. The fourth-order valence-corrected chi connectivity index (χ4v) is 5.81. The van der Waals surface area contributed by atoms with Crippen LogP contribution in [-0.2, 0) is 4.74 Å². The van der Waals surface area contributed by atoms with Crippen molar-refractivity contribution in [1.82, 2.24) is 19.8 Å². The van der Waals surface area contributed by atoms with Crippen molar-refractivity contribution in [2.75, 3.05) is 76.0 Å². The molecule has 3 aliphatic heterocycles. The van der Waals surface area contributed by atoms with Gasteiger partial charge < -0.3 is 25.2 Å². The largest absolute Gasteiger partial charge is 0.384 e. The molecule has 2 aromatic heterocycles. The number of carbonyl (C=O) groups is 1. The molecule has 2 N–H and O–H groups in total. The number of benzene rings is 1. The van der Waals surface area contributed by atoms with E-state index in [2.05, 4.69) is 27.9 Å². The summed E-state index contributed by atoms with van der Waals surface area (Å²) in [5.41, 5.74) is 8.48. The molecule has 0 radical (unpaired) electrons. The van der Waals surface area contributed by atoms with Gasteiger partial charge in [0.1, 0.15) is 12.5 Å². The molecule has 0 spiro atoms. The molecule has 0 aliphatic carbocycles. The van der Waals surface area contributed by atoms with Crippen LogP contribution in [-0.4, -0.2) is 97.7 Å². The quantitative estimate of drug-likeness (QED) is 0.561. The van der Waals surface area contributed by atoms with Gasteiger partial charge in [-0.1, -0.05) is 12.1 Å². The molecule has 192 valence electrons. The molecule has 2 fully saturated rings. The lowest BCUT2D eigenvalue weighted by Gasteiger charge is -2.32. The highest BCUT2D eigenvalue weighted by molar-refractivity contribution is 7.22. The number of aliphatic imine (C=N–C) groups is 1. The maximum absolute atomic E-state index is 13.0. The molecule has 6 rings (SSSR count). The maximum Gasteiger partial charge on any atom is 0.253 e. The summed E-state index contributed by atoms with van der Waals surface area (Å²) in [6.07, 6.45) is 3.63. The first-order valence-electron chi connectivity index (χ1n) is 12.5. The molecule has 37 heavy (non-hydrogen) atoms. The Morgan fingerprint density at radius 3 is 2.49 bits per heavy atom. The smallest absolute Gasteiger partial charge is 0.253 e. The molecule has 0 saturated carbocycles. The first-order valence-corrected chi connectivity index (χ1v) is 13.3. The first-order chi connectivity index (χ1) is 18.0. The molecule has 1 aromatic carbocycles. The maximum atomic E-state index is 13.0. The standard InChI is InChI=1S/C26H30N8O2S/c1-31-8-10-33(11-9-31)25(35)19-4-2-18(3-5-19)21-16-20-23(37-21)24(32-12-14-36-15-13-32)30-26(29-20)34-7-6-22(27)28-17-34/h2-7,16H,8-15,17H2,1H3,(H2,27,28). The van der Waals surface area contributed by atoms with Crippen molar-refractivity contribution in [3.05, 3.63) is 48.2 Å². The number of nitrogens with two attached hydrogens (primary N) is 1. The van der Waals surface area contributed by atoms with Crippen LogP contribution in [0.15, 0.2) is 47.6 Å². The van der Waals surface area contributed by atoms with Gasteiger partial charge in [-0.15, -0.1) is 11.3 Å². The number of amidine groups is 1. The molecule has 2 saturated heterocycles. The lowest BCUT2D eigenvalue weighted by molar-refractivity contribution is 0.0664. The van der Waals surface area contributed by atoms with E-state index in [-0.39, 0.29) is 5.91 Å². The SMILES string of the molecule is CN1CCN(C(=O)c2ccc(-c3cc4nc(N5C=CC(N)=NC5)nc(N5CCOCC5)c4s3)cc2)CC1. The van der Waals surface area contributed by atoms with Gasteiger partial charge in [0.05, 0.1) is 23.4 Å². The van der Waals surface area contributed by atoms with Gasteiger partial charge in [-0.25, -0.2) is 9.98 Å². The Labute approximate surface area is 219 Å². The van der Waals surface area contributed by atoms with E-state index in [4.69, 9.17) is 20.4 Å². The van der Waals surface area contributed by atoms with E-state index in [1.165, 1.54) is 0 Å². The van der Waals surface area contributed by atoms with Crippen molar-refractivity contribution in [3.8, 4) is 10.4 Å². The summed E-state index contributed by atoms with van der Waals surface area (Å²) in [5.74, 6) is 2.10. The number of aromatic nitrogens is 2. The van der Waals surface area contributed by atoms with E-state index in [1.807, 2.05) is 40.3 Å². The lowest BCUT2D eigenvalue weighted by Crippen LogP contribution is -2.47. The molecule has 11 heteroatoms. The second-order valence-corrected chi connectivity index (χ2v) is 10.5. The highest BCUT2D eigenvalue weighted by atomic mass is 32.1. The lowest BCUT2D eigenvalue weighted by atomic mass is 10.1. The Morgan fingerprint density at radius 2 is 1.78 bits per heavy atom. The number of thiophene rings is 1. The third kappa shape index (κ3) is 4.89. The third-order valence-corrected chi connectivity index (χ3v) is 8.12. The van der Waals surface area contributed by atoms with E-state index in [9.17, 15) is 4.79 Å². The molecule has 5 heterocycles. The van der Waals surface area contributed by atoms with Crippen molar-refractivity contribution in [2.45, 2.75) is 0 Å². The molecular formula is C26H30N8O2S. The van der Waals surface area contributed by atoms with E-state index < -0.39 is 0 Å². The Bertz CT molecular complexity index is 1350. The molecule has 3 aliphatic rings. The number of amides is 1. The molecule has 10 nitrogen and oxygen atoms in total. The number of carbonyl (C=O) groups excluding carboxylic acids is 1. The fraction of sp³-hybridized carbons (Fsp3) is 0.385. The molecular weight excluding hydrogens is 488 g/mol. The van der Waals surface area contributed by atoms with Gasteiger partial charge in [0.15, 0.2) is 5.82 Å². The van der Waals surface area contributed by atoms with Crippen LogP contribution in [0.3, 0.4) is 0 Å². The highest BCUT2D eigenvalue weighted by Crippen LogP contribution is 2.39. The van der Waals surface area contributed by atoms with Gasteiger partial charge >= 0.3 is 0 Å². The van der Waals surface area contributed by atoms with Crippen LogP contribution in [0, 0.1) is 0 Å². The van der Waals surface area contributed by atoms with E-state index in [0.29, 0.717) is 31.7 Å². The van der Waals surface area contributed by atoms with E-state index >= 15 is 0 Å². The van der Waals surface area contributed by atoms with Crippen molar-refractivity contribution in [1.29, 1.82) is 0 Å². The van der Waals surface area contributed by atoms with Gasteiger partial charge in [0, 0.05) is 55.9 Å². The van der Waals surface area contributed by atoms with Gasteiger partial charge in [-0.05, 0) is 36.9 Å². The number of morpholine rings is 1. The third-order valence-electron chi connectivity index (χ3n) is 6.95. The Hall–Kier alpha value is -3.54. The summed E-state index contributed by atoms with van der Waals surface area (Å²) in [6, 6.07) is 10.0. The van der Waals surface area contributed by atoms with Gasteiger partial charge in [0.25, 0.3) is 5.91 Å². The highest BCUT2D eigenvalue weighted by Gasteiger charge is 2.23. The Morgan fingerprint density at radius 1 is 1.03 bits per heavy atom. The van der Waals surface area contributed by atoms with Gasteiger partial charge in [-0.3, -0.25) is 9.69 Å². The monoisotopic (exact) mass is 518 g/mol. The number of ether oxygens (including phenoxy) is 1. The summed E-state index contributed by atoms with van der Waals surface area (Å²) in [6.45, 7) is 6.65. The van der Waals surface area contributed by atoms with E-state index in [1.54, 1.807) is 17.4 Å². The van der Waals surface area contributed by atoms with Crippen LogP contribution in [0.5, 0.6) is 0 Å². The van der Waals surface area contributed by atoms with Crippen molar-refractivity contribution in [2.24, 2.45) is 10.7 Å². The zero-order valence-corrected chi connectivity index (χ0v) is 21.7. The number of hydrogen-bond donors (Lipinski definition) is 1. The summed E-state index contributed by atoms with van der Waals surface area (Å²) in [4.78, 5) is 36.6. The minimum absolute atomic E-state index is 0.0963. The molecule has 0 unspecified atom stereocenters. The molecule has 0 atom stereocenters.